The third kappa shape index (κ3) is 4.77. The molecule has 0 amide bonds. The van der Waals surface area contributed by atoms with E-state index in [4.69, 9.17) is 22.3 Å². The minimum absolute atomic E-state index is 0.0302. The quantitative estimate of drug-likeness (QED) is 0.299. The van der Waals surface area contributed by atoms with Crippen molar-refractivity contribution in [2.75, 3.05) is 18.0 Å². The highest BCUT2D eigenvalue weighted by Crippen LogP contribution is 2.50. The van der Waals surface area contributed by atoms with E-state index in [2.05, 4.69) is 25.9 Å². The van der Waals surface area contributed by atoms with E-state index in [0.717, 1.165) is 54.3 Å². The van der Waals surface area contributed by atoms with Crippen molar-refractivity contribution < 1.29 is 0 Å². The predicted molar refractivity (Wildman–Crippen MR) is 161 cm³/mol. The van der Waals surface area contributed by atoms with E-state index in [-0.39, 0.29) is 17.0 Å². The van der Waals surface area contributed by atoms with Gasteiger partial charge in [-0.15, -0.1) is 0 Å². The molecule has 10 heteroatoms. The molecule has 8 nitrogen and oxygen atoms in total. The molecule has 0 saturated carbocycles. The Labute approximate surface area is 246 Å². The van der Waals surface area contributed by atoms with Crippen LogP contribution in [0.1, 0.15) is 35.7 Å². The van der Waals surface area contributed by atoms with Crippen LogP contribution in [0.2, 0.25) is 5.02 Å². The summed E-state index contributed by atoms with van der Waals surface area (Å²) in [6.45, 7) is 2.18. The predicted octanol–water partition coefficient (Wildman–Crippen LogP) is 5.28. The molecule has 3 aromatic heterocycles. The van der Waals surface area contributed by atoms with Gasteiger partial charge in [-0.3, -0.25) is 14.3 Å². The first kappa shape index (κ1) is 26.1. The Hall–Kier alpha value is -3.79. The highest BCUT2D eigenvalue weighted by molar-refractivity contribution is 7.99. The summed E-state index contributed by atoms with van der Waals surface area (Å²) in [6.07, 6.45) is 9.94. The molecular formula is C31H28ClN7OS. The van der Waals surface area contributed by atoms with Crippen LogP contribution in [0.3, 0.4) is 0 Å². The monoisotopic (exact) mass is 581 g/mol. The summed E-state index contributed by atoms with van der Waals surface area (Å²) < 4.78 is 1.59. The Morgan fingerprint density at radius 1 is 0.976 bits per heavy atom. The van der Waals surface area contributed by atoms with E-state index in [1.54, 1.807) is 17.1 Å². The molecule has 1 atom stereocenters. The zero-order valence-electron chi connectivity index (χ0n) is 22.3. The van der Waals surface area contributed by atoms with E-state index in [9.17, 15) is 4.79 Å². The molecule has 2 aromatic carbocycles. The van der Waals surface area contributed by atoms with Crippen LogP contribution < -0.4 is 16.2 Å². The van der Waals surface area contributed by atoms with Gasteiger partial charge in [-0.1, -0.05) is 59.8 Å². The van der Waals surface area contributed by atoms with E-state index in [1.165, 1.54) is 17.3 Å². The van der Waals surface area contributed by atoms with Crippen LogP contribution in [0.25, 0.3) is 10.9 Å². The number of hydrogen-bond acceptors (Lipinski definition) is 8. The Bertz CT molecular complexity index is 1790. The van der Waals surface area contributed by atoms with E-state index in [0.29, 0.717) is 27.5 Å². The van der Waals surface area contributed by atoms with Gasteiger partial charge in [0.2, 0.25) is 0 Å². The summed E-state index contributed by atoms with van der Waals surface area (Å²) in [6, 6.07) is 17.6. The lowest BCUT2D eigenvalue weighted by atomic mass is 9.73. The molecule has 1 aliphatic carbocycles. The van der Waals surface area contributed by atoms with Crippen molar-refractivity contribution in [1.82, 2.24) is 24.5 Å². The van der Waals surface area contributed by atoms with Crippen LogP contribution in [-0.2, 0) is 13.0 Å². The number of piperidine rings is 1. The lowest BCUT2D eigenvalue weighted by molar-refractivity contribution is 0.186. The van der Waals surface area contributed by atoms with Crippen LogP contribution in [0.15, 0.2) is 94.2 Å². The summed E-state index contributed by atoms with van der Waals surface area (Å²) in [5.74, 6) is 0.851. The minimum atomic E-state index is -0.170. The van der Waals surface area contributed by atoms with Crippen molar-refractivity contribution >= 4 is 40.1 Å². The first-order chi connectivity index (χ1) is 20.0. The molecule has 1 spiro atoms. The van der Waals surface area contributed by atoms with Crippen LogP contribution in [-0.4, -0.2) is 37.6 Å². The van der Waals surface area contributed by atoms with Crippen molar-refractivity contribution in [2.24, 2.45) is 11.1 Å². The Morgan fingerprint density at radius 2 is 1.80 bits per heavy atom. The van der Waals surface area contributed by atoms with Crippen LogP contribution in [0.4, 0.5) is 5.82 Å². The topological polar surface area (TPSA) is 103 Å². The number of benzene rings is 2. The molecule has 41 heavy (non-hydrogen) atoms. The van der Waals surface area contributed by atoms with Crippen LogP contribution in [0.5, 0.6) is 0 Å². The van der Waals surface area contributed by atoms with Crippen LogP contribution >= 0.6 is 23.4 Å². The lowest BCUT2D eigenvalue weighted by Gasteiger charge is -2.42. The second-order valence-electron chi connectivity index (χ2n) is 10.8. The van der Waals surface area contributed by atoms with Crippen molar-refractivity contribution in [2.45, 2.75) is 41.8 Å². The molecular weight excluding hydrogens is 554 g/mol. The van der Waals surface area contributed by atoms with Gasteiger partial charge in [-0.25, -0.2) is 15.0 Å². The van der Waals surface area contributed by atoms with Gasteiger partial charge < -0.3 is 10.6 Å². The standard InChI is InChI=1S/C31H28ClN7OS/c32-28-24(9-8-22-27(28)30(40)39(19-37-22)18-20-5-2-1-3-6-20)41-26-17-35-25(16-36-26)38-13-10-31(11-14-38)15-23-21(29(31)33)7-4-12-34-23/h1-9,12,16-17,19,29H,10-11,13-15,18,33H2/t29-/m0/s1. The van der Waals surface area contributed by atoms with Crippen molar-refractivity contribution in [3.63, 3.8) is 0 Å². The number of anilines is 1. The number of aromatic nitrogens is 5. The van der Waals surface area contributed by atoms with Crippen molar-refractivity contribution in [3.05, 3.63) is 112 Å². The van der Waals surface area contributed by atoms with Crippen molar-refractivity contribution in [1.29, 1.82) is 0 Å². The number of halogens is 1. The number of nitrogens with two attached hydrogens (primary N) is 1. The molecule has 2 N–H and O–H groups in total. The summed E-state index contributed by atoms with van der Waals surface area (Å²) >= 11 is 8.17. The highest BCUT2D eigenvalue weighted by atomic mass is 35.5. The van der Waals surface area contributed by atoms with Gasteiger partial charge in [0.1, 0.15) is 10.8 Å². The smallest absolute Gasteiger partial charge is 0.263 e. The van der Waals surface area contributed by atoms with Gasteiger partial charge in [0.05, 0.1) is 41.2 Å². The number of pyridine rings is 1. The largest absolute Gasteiger partial charge is 0.355 e. The normalized spacial score (nSPS) is 17.7. The molecule has 7 rings (SSSR count). The first-order valence-electron chi connectivity index (χ1n) is 13.7. The molecule has 1 aliphatic heterocycles. The van der Waals surface area contributed by atoms with Gasteiger partial charge in [0.15, 0.2) is 0 Å². The summed E-state index contributed by atoms with van der Waals surface area (Å²) in [5, 5.41) is 1.49. The minimum Gasteiger partial charge on any atom is -0.355 e. The summed E-state index contributed by atoms with van der Waals surface area (Å²) in [7, 11) is 0. The molecule has 0 radical (unpaired) electrons. The fourth-order valence-electron chi connectivity index (χ4n) is 6.12. The number of hydrogen-bond donors (Lipinski definition) is 1. The number of rotatable bonds is 5. The lowest BCUT2D eigenvalue weighted by Crippen LogP contribution is -2.44. The van der Waals surface area contributed by atoms with Crippen molar-refractivity contribution in [3.8, 4) is 0 Å². The zero-order valence-corrected chi connectivity index (χ0v) is 23.9. The molecule has 1 saturated heterocycles. The van der Waals surface area contributed by atoms with E-state index < -0.39 is 0 Å². The average molecular weight is 582 g/mol. The van der Waals surface area contributed by atoms with Gasteiger partial charge >= 0.3 is 0 Å². The Kier molecular flexibility index (Phi) is 6.73. The molecule has 0 bridgehead atoms. The van der Waals surface area contributed by atoms with Gasteiger partial charge in [-0.2, -0.15) is 0 Å². The fourth-order valence-corrected chi connectivity index (χ4v) is 7.24. The molecule has 2 aliphatic rings. The average Bonchev–Trinajstić information content (AvgIpc) is 3.28. The zero-order chi connectivity index (χ0) is 28.0. The van der Waals surface area contributed by atoms with Crippen LogP contribution in [0, 0.1) is 5.41 Å². The van der Waals surface area contributed by atoms with E-state index in [1.807, 2.05) is 60.9 Å². The molecule has 5 aromatic rings. The first-order valence-corrected chi connectivity index (χ1v) is 14.9. The third-order valence-corrected chi connectivity index (χ3v) is 9.93. The van der Waals surface area contributed by atoms with Gasteiger partial charge in [0, 0.05) is 35.9 Å². The second kappa shape index (κ2) is 10.6. The maximum absolute atomic E-state index is 13.3. The maximum atomic E-state index is 13.3. The number of fused-ring (bicyclic) bond motifs is 2. The van der Waals surface area contributed by atoms with Gasteiger partial charge in [0.25, 0.3) is 5.56 Å². The maximum Gasteiger partial charge on any atom is 0.263 e. The Morgan fingerprint density at radius 3 is 2.56 bits per heavy atom. The third-order valence-electron chi connectivity index (χ3n) is 8.44. The van der Waals surface area contributed by atoms with Gasteiger partial charge in [-0.05, 0) is 54.0 Å². The number of nitrogens with zero attached hydrogens (tertiary/aromatic N) is 6. The highest BCUT2D eigenvalue weighted by Gasteiger charge is 2.46. The molecule has 0 unspecified atom stereocenters. The SMILES string of the molecule is N[C@H]1c2cccnc2CC12CCN(c1cnc(Sc3ccc4ncn(Cc5ccccc5)c(=O)c4c3Cl)cn1)CC2. The molecule has 1 fully saturated rings. The fraction of sp³-hybridized carbons (Fsp3) is 0.258. The Balaban J connectivity index is 1.06. The second-order valence-corrected chi connectivity index (χ2v) is 12.2. The molecule has 4 heterocycles. The molecule has 206 valence electrons. The van der Waals surface area contributed by atoms with E-state index >= 15 is 0 Å². The summed E-state index contributed by atoms with van der Waals surface area (Å²) in [4.78, 5) is 34.8. The summed E-state index contributed by atoms with van der Waals surface area (Å²) in [5.41, 5.74) is 10.5.